The number of rotatable bonds is 4. The van der Waals surface area contributed by atoms with Crippen molar-refractivity contribution in [3.63, 3.8) is 0 Å². The Morgan fingerprint density at radius 3 is 2.52 bits per heavy atom. The van der Waals surface area contributed by atoms with Crippen LogP contribution in [0.2, 0.25) is 0 Å². The van der Waals surface area contributed by atoms with Crippen LogP contribution in [0, 0.1) is 0 Å². The molecule has 0 aliphatic rings. The van der Waals surface area contributed by atoms with Gasteiger partial charge in [0.15, 0.2) is 17.1 Å². The number of fused-ring (bicyclic) bond motifs is 1. The molecular weight excluding hydrogens is 346 g/mol. The maximum atomic E-state index is 11.8. The zero-order valence-corrected chi connectivity index (χ0v) is 14.3. The standard InChI is InChI=1S/C20H15N3O4/c1-27-16-9-12(7-8-15(16)24)14-10-13(20(25)26)17-19(21-14)23-18(22-17)11-5-3-2-4-6-11/h2-10,24H,1H3,(H,25,26)(H,21,22,23). The van der Waals surface area contributed by atoms with Crippen LogP contribution in [0.5, 0.6) is 11.5 Å². The van der Waals surface area contributed by atoms with E-state index in [1.165, 1.54) is 19.2 Å². The van der Waals surface area contributed by atoms with E-state index in [4.69, 9.17) is 4.74 Å². The predicted molar refractivity (Wildman–Crippen MR) is 99.9 cm³/mol. The van der Waals surface area contributed by atoms with Crippen LogP contribution in [0.1, 0.15) is 10.4 Å². The number of phenolic OH excluding ortho intramolecular Hbond substituents is 1. The highest BCUT2D eigenvalue weighted by molar-refractivity contribution is 6.02. The number of nitrogens with zero attached hydrogens (tertiary/aromatic N) is 2. The molecule has 2 aromatic carbocycles. The Bertz CT molecular complexity index is 1150. The number of aromatic carboxylic acids is 1. The summed E-state index contributed by atoms with van der Waals surface area (Å²) in [6, 6.07) is 15.6. The van der Waals surface area contributed by atoms with Gasteiger partial charge in [-0.25, -0.2) is 14.8 Å². The van der Waals surface area contributed by atoms with Crippen LogP contribution >= 0.6 is 0 Å². The molecule has 0 saturated heterocycles. The van der Waals surface area contributed by atoms with Crippen molar-refractivity contribution in [2.24, 2.45) is 0 Å². The van der Waals surface area contributed by atoms with E-state index in [0.717, 1.165) is 5.56 Å². The highest BCUT2D eigenvalue weighted by Crippen LogP contribution is 2.32. The summed E-state index contributed by atoms with van der Waals surface area (Å²) >= 11 is 0. The number of hydrogen-bond acceptors (Lipinski definition) is 5. The second kappa shape index (κ2) is 6.45. The highest BCUT2D eigenvalue weighted by Gasteiger charge is 2.18. The Labute approximate surface area is 153 Å². The quantitative estimate of drug-likeness (QED) is 0.511. The molecule has 0 bridgehead atoms. The van der Waals surface area contributed by atoms with E-state index in [1.54, 1.807) is 12.1 Å². The number of H-pyrrole nitrogens is 1. The summed E-state index contributed by atoms with van der Waals surface area (Å²) < 4.78 is 5.12. The average molecular weight is 361 g/mol. The van der Waals surface area contributed by atoms with Gasteiger partial charge < -0.3 is 19.9 Å². The van der Waals surface area contributed by atoms with Gasteiger partial charge in [0.2, 0.25) is 0 Å². The maximum absolute atomic E-state index is 11.8. The van der Waals surface area contributed by atoms with Crippen LogP contribution in [-0.2, 0) is 0 Å². The van der Waals surface area contributed by atoms with Crippen LogP contribution in [0.25, 0.3) is 33.8 Å². The lowest BCUT2D eigenvalue weighted by Crippen LogP contribution is -2.00. The molecule has 134 valence electrons. The van der Waals surface area contributed by atoms with E-state index in [-0.39, 0.29) is 17.1 Å². The minimum atomic E-state index is -1.09. The lowest BCUT2D eigenvalue weighted by Gasteiger charge is -2.07. The first-order chi connectivity index (χ1) is 13.1. The summed E-state index contributed by atoms with van der Waals surface area (Å²) in [5, 5.41) is 19.4. The number of aromatic nitrogens is 3. The monoisotopic (exact) mass is 361 g/mol. The van der Waals surface area contributed by atoms with E-state index in [1.807, 2.05) is 30.3 Å². The molecule has 0 unspecified atom stereocenters. The lowest BCUT2D eigenvalue weighted by atomic mass is 10.1. The van der Waals surface area contributed by atoms with Gasteiger partial charge in [0.05, 0.1) is 23.9 Å². The number of nitrogens with one attached hydrogen (secondary N) is 1. The normalized spacial score (nSPS) is 10.9. The Morgan fingerprint density at radius 2 is 1.81 bits per heavy atom. The van der Waals surface area contributed by atoms with Gasteiger partial charge in [-0.15, -0.1) is 0 Å². The number of carboxylic acids is 1. The van der Waals surface area contributed by atoms with Crippen molar-refractivity contribution < 1.29 is 19.7 Å². The molecule has 27 heavy (non-hydrogen) atoms. The molecule has 0 amide bonds. The number of carbonyl (C=O) groups is 1. The molecule has 0 aliphatic heterocycles. The summed E-state index contributed by atoms with van der Waals surface area (Å²) in [4.78, 5) is 23.8. The molecule has 4 aromatic rings. The number of carboxylic acid groups (broad SMARTS) is 1. The maximum Gasteiger partial charge on any atom is 0.338 e. The number of aromatic amines is 1. The van der Waals surface area contributed by atoms with Gasteiger partial charge in [0.25, 0.3) is 0 Å². The molecule has 7 heteroatoms. The van der Waals surface area contributed by atoms with Crippen molar-refractivity contribution in [2.75, 3.05) is 7.11 Å². The third-order valence-corrected chi connectivity index (χ3v) is 4.21. The topological polar surface area (TPSA) is 108 Å². The van der Waals surface area contributed by atoms with Crippen molar-refractivity contribution in [2.45, 2.75) is 0 Å². The van der Waals surface area contributed by atoms with Gasteiger partial charge in [-0.2, -0.15) is 0 Å². The zero-order valence-electron chi connectivity index (χ0n) is 14.3. The third-order valence-electron chi connectivity index (χ3n) is 4.21. The van der Waals surface area contributed by atoms with E-state index < -0.39 is 5.97 Å². The van der Waals surface area contributed by atoms with Gasteiger partial charge >= 0.3 is 5.97 Å². The van der Waals surface area contributed by atoms with Crippen molar-refractivity contribution in [1.29, 1.82) is 0 Å². The van der Waals surface area contributed by atoms with Crippen molar-refractivity contribution in [3.8, 4) is 34.1 Å². The number of aromatic hydroxyl groups is 1. The van der Waals surface area contributed by atoms with Crippen molar-refractivity contribution in [3.05, 3.63) is 60.2 Å². The molecule has 0 fully saturated rings. The van der Waals surface area contributed by atoms with Gasteiger partial charge in [0, 0.05) is 11.1 Å². The fourth-order valence-electron chi connectivity index (χ4n) is 2.87. The first kappa shape index (κ1) is 16.6. The molecule has 2 aromatic heterocycles. The molecule has 0 saturated carbocycles. The molecule has 3 N–H and O–H groups in total. The van der Waals surface area contributed by atoms with Gasteiger partial charge in [0.1, 0.15) is 5.82 Å². The molecule has 7 nitrogen and oxygen atoms in total. The van der Waals surface area contributed by atoms with Gasteiger partial charge in [-0.05, 0) is 24.3 Å². The van der Waals surface area contributed by atoms with Crippen LogP contribution in [0.4, 0.5) is 0 Å². The van der Waals surface area contributed by atoms with E-state index >= 15 is 0 Å². The minimum absolute atomic E-state index is 0.00748. The zero-order chi connectivity index (χ0) is 19.0. The van der Waals surface area contributed by atoms with E-state index in [9.17, 15) is 15.0 Å². The number of ether oxygens (including phenoxy) is 1. The third kappa shape index (κ3) is 2.95. The summed E-state index contributed by atoms with van der Waals surface area (Å²) in [6.07, 6.45) is 0. The van der Waals surface area contributed by atoms with E-state index in [2.05, 4.69) is 15.0 Å². The highest BCUT2D eigenvalue weighted by atomic mass is 16.5. The average Bonchev–Trinajstić information content (AvgIpc) is 3.12. The van der Waals surface area contributed by atoms with Gasteiger partial charge in [-0.3, -0.25) is 0 Å². The fraction of sp³-hybridized carbons (Fsp3) is 0.0500. The Morgan fingerprint density at radius 1 is 1.04 bits per heavy atom. The summed E-state index contributed by atoms with van der Waals surface area (Å²) in [7, 11) is 1.44. The molecule has 2 heterocycles. The Hall–Kier alpha value is -3.87. The lowest BCUT2D eigenvalue weighted by molar-refractivity contribution is 0.0699. The summed E-state index contributed by atoms with van der Waals surface area (Å²) in [5.41, 5.74) is 2.59. The Kier molecular flexibility index (Phi) is 3.97. The second-order valence-electron chi connectivity index (χ2n) is 5.90. The smallest absolute Gasteiger partial charge is 0.338 e. The second-order valence-corrected chi connectivity index (χ2v) is 5.90. The van der Waals surface area contributed by atoms with Crippen LogP contribution in [-0.4, -0.2) is 38.2 Å². The van der Waals surface area contributed by atoms with Crippen LogP contribution < -0.4 is 4.74 Å². The molecular formula is C20H15N3O4. The molecule has 0 atom stereocenters. The van der Waals surface area contributed by atoms with Gasteiger partial charge in [-0.1, -0.05) is 30.3 Å². The Balaban J connectivity index is 1.92. The minimum Gasteiger partial charge on any atom is -0.504 e. The number of hydrogen-bond donors (Lipinski definition) is 3. The number of phenols is 1. The summed E-state index contributed by atoms with van der Waals surface area (Å²) in [6.45, 7) is 0. The van der Waals surface area contributed by atoms with Crippen LogP contribution in [0.3, 0.4) is 0 Å². The first-order valence-corrected chi connectivity index (χ1v) is 8.13. The van der Waals surface area contributed by atoms with Crippen molar-refractivity contribution in [1.82, 2.24) is 15.0 Å². The first-order valence-electron chi connectivity index (χ1n) is 8.13. The number of pyridine rings is 1. The molecule has 0 aliphatic carbocycles. The number of methoxy groups -OCH3 is 1. The molecule has 0 radical (unpaired) electrons. The molecule has 0 spiro atoms. The summed E-state index contributed by atoms with van der Waals surface area (Å²) in [5.74, 6) is -0.274. The number of benzene rings is 2. The predicted octanol–water partition coefficient (Wildman–Crippen LogP) is 3.70. The van der Waals surface area contributed by atoms with Crippen LogP contribution in [0.15, 0.2) is 54.6 Å². The SMILES string of the molecule is COc1cc(-c2cc(C(=O)O)c3[nH]c(-c4ccccc4)nc3n2)ccc1O. The number of imidazole rings is 1. The largest absolute Gasteiger partial charge is 0.504 e. The van der Waals surface area contributed by atoms with E-state index in [0.29, 0.717) is 28.2 Å². The van der Waals surface area contributed by atoms with Crippen molar-refractivity contribution >= 4 is 17.1 Å². The fourth-order valence-corrected chi connectivity index (χ4v) is 2.87. The molecule has 4 rings (SSSR count).